The Kier molecular flexibility index (Phi) is 2.90. The van der Waals surface area contributed by atoms with E-state index in [1.165, 1.54) is 0 Å². The first kappa shape index (κ1) is 12.5. The Labute approximate surface area is 68.8 Å². The van der Waals surface area contributed by atoms with Crippen molar-refractivity contribution in [1.29, 1.82) is 0 Å². The standard InChI is InChI=1S/C5H6F6O2/c1-3(12,13)2(4(6,7)8)5(9,10)11/h2,12-13H,1H3. The molecule has 8 heteroatoms. The fourth-order valence-corrected chi connectivity index (χ4v) is 0.806. The summed E-state index contributed by atoms with van der Waals surface area (Å²) in [5.74, 6) is -8.02. The molecule has 2 nitrogen and oxygen atoms in total. The second-order valence-corrected chi connectivity index (χ2v) is 2.61. The van der Waals surface area contributed by atoms with E-state index in [-0.39, 0.29) is 6.92 Å². The lowest BCUT2D eigenvalue weighted by Gasteiger charge is -2.30. The van der Waals surface area contributed by atoms with Gasteiger partial charge in [-0.1, -0.05) is 0 Å². The predicted octanol–water partition coefficient (Wildman–Crippen LogP) is 1.43. The van der Waals surface area contributed by atoms with Gasteiger partial charge in [0.2, 0.25) is 5.92 Å². The number of aliphatic hydroxyl groups is 2. The Balaban J connectivity index is 5.02. The molecule has 0 spiro atoms. The molecule has 0 fully saturated rings. The van der Waals surface area contributed by atoms with Gasteiger partial charge in [-0.25, -0.2) is 0 Å². The van der Waals surface area contributed by atoms with Crippen molar-refractivity contribution in [2.75, 3.05) is 0 Å². The molecule has 13 heavy (non-hydrogen) atoms. The average molecular weight is 212 g/mol. The largest absolute Gasteiger partial charge is 0.405 e. The third-order valence-corrected chi connectivity index (χ3v) is 1.20. The SMILES string of the molecule is CC(O)(O)C(C(F)(F)F)C(F)(F)F. The van der Waals surface area contributed by atoms with Crippen LogP contribution in [0, 0.1) is 5.92 Å². The van der Waals surface area contributed by atoms with Crippen molar-refractivity contribution in [1.82, 2.24) is 0 Å². The fourth-order valence-electron chi connectivity index (χ4n) is 0.806. The number of rotatable bonds is 1. The summed E-state index contributed by atoms with van der Waals surface area (Å²) in [5.41, 5.74) is 0. The van der Waals surface area contributed by atoms with E-state index in [4.69, 9.17) is 10.2 Å². The van der Waals surface area contributed by atoms with Crippen LogP contribution in [-0.4, -0.2) is 28.4 Å². The van der Waals surface area contributed by atoms with Crippen LogP contribution in [0.5, 0.6) is 0 Å². The Hall–Kier alpha value is -0.500. The Morgan fingerprint density at radius 2 is 1.08 bits per heavy atom. The highest BCUT2D eigenvalue weighted by Crippen LogP contribution is 2.44. The van der Waals surface area contributed by atoms with E-state index in [0.717, 1.165) is 0 Å². The van der Waals surface area contributed by atoms with Crippen LogP contribution in [0.3, 0.4) is 0 Å². The third-order valence-electron chi connectivity index (χ3n) is 1.20. The lowest BCUT2D eigenvalue weighted by Crippen LogP contribution is -2.51. The Morgan fingerprint density at radius 3 is 1.08 bits per heavy atom. The molecule has 0 aliphatic carbocycles. The van der Waals surface area contributed by atoms with Crippen molar-refractivity contribution in [2.24, 2.45) is 5.92 Å². The molecule has 0 radical (unpaired) electrons. The van der Waals surface area contributed by atoms with Crippen LogP contribution < -0.4 is 0 Å². The minimum Gasteiger partial charge on any atom is -0.365 e. The summed E-state index contributed by atoms with van der Waals surface area (Å²) in [6.07, 6.45) is -11.5. The molecular formula is C5H6F6O2. The van der Waals surface area contributed by atoms with Gasteiger partial charge in [-0.3, -0.25) is 0 Å². The minimum absolute atomic E-state index is 0.0264. The quantitative estimate of drug-likeness (QED) is 0.509. The number of alkyl halides is 6. The molecule has 0 amide bonds. The maximum atomic E-state index is 11.7. The van der Waals surface area contributed by atoms with Gasteiger partial charge in [0.1, 0.15) is 0 Å². The summed E-state index contributed by atoms with van der Waals surface area (Å²) >= 11 is 0. The van der Waals surface area contributed by atoms with Gasteiger partial charge in [0.25, 0.3) is 0 Å². The highest BCUT2D eigenvalue weighted by atomic mass is 19.4. The summed E-state index contributed by atoms with van der Waals surface area (Å²) in [6.45, 7) is 0.0264. The van der Waals surface area contributed by atoms with E-state index in [1.807, 2.05) is 0 Å². The van der Waals surface area contributed by atoms with Crippen molar-refractivity contribution in [3.63, 3.8) is 0 Å². The van der Waals surface area contributed by atoms with Crippen LogP contribution in [0.25, 0.3) is 0 Å². The molecule has 0 saturated heterocycles. The lowest BCUT2D eigenvalue weighted by molar-refractivity contribution is -0.366. The first-order valence-electron chi connectivity index (χ1n) is 2.95. The second kappa shape index (κ2) is 3.02. The maximum Gasteiger partial charge on any atom is 0.405 e. The first-order valence-corrected chi connectivity index (χ1v) is 2.95. The summed E-state index contributed by atoms with van der Waals surface area (Å²) in [4.78, 5) is 0. The van der Waals surface area contributed by atoms with Crippen molar-refractivity contribution in [2.45, 2.75) is 25.1 Å². The molecule has 0 aromatic carbocycles. The summed E-state index contributed by atoms with van der Waals surface area (Å²) in [7, 11) is 0. The fraction of sp³-hybridized carbons (Fsp3) is 1.00. The van der Waals surface area contributed by atoms with E-state index in [2.05, 4.69) is 0 Å². The van der Waals surface area contributed by atoms with Gasteiger partial charge in [-0.2, -0.15) is 26.3 Å². The van der Waals surface area contributed by atoms with Crippen LogP contribution >= 0.6 is 0 Å². The Morgan fingerprint density at radius 1 is 0.846 bits per heavy atom. The van der Waals surface area contributed by atoms with Gasteiger partial charge in [0.05, 0.1) is 0 Å². The smallest absolute Gasteiger partial charge is 0.365 e. The zero-order valence-electron chi connectivity index (χ0n) is 6.24. The summed E-state index contributed by atoms with van der Waals surface area (Å²) < 4.78 is 70.0. The van der Waals surface area contributed by atoms with Crippen LogP contribution in [0.2, 0.25) is 0 Å². The molecule has 0 atom stereocenters. The van der Waals surface area contributed by atoms with E-state index in [9.17, 15) is 26.3 Å². The number of halogens is 6. The monoisotopic (exact) mass is 212 g/mol. The van der Waals surface area contributed by atoms with E-state index in [1.54, 1.807) is 0 Å². The normalized spacial score (nSPS) is 15.2. The number of hydrogen-bond donors (Lipinski definition) is 2. The van der Waals surface area contributed by atoms with Crippen molar-refractivity contribution < 1.29 is 36.6 Å². The molecular weight excluding hydrogens is 206 g/mol. The molecule has 0 bridgehead atoms. The Bertz CT molecular complexity index is 142. The molecule has 80 valence electrons. The summed E-state index contributed by atoms with van der Waals surface area (Å²) in [5, 5.41) is 16.5. The first-order chi connectivity index (χ1) is 5.37. The van der Waals surface area contributed by atoms with Crippen molar-refractivity contribution in [3.05, 3.63) is 0 Å². The van der Waals surface area contributed by atoms with Crippen LogP contribution in [-0.2, 0) is 0 Å². The van der Waals surface area contributed by atoms with Gasteiger partial charge in [0, 0.05) is 0 Å². The van der Waals surface area contributed by atoms with Gasteiger partial charge in [-0.15, -0.1) is 0 Å². The molecule has 0 aliphatic rings. The predicted molar refractivity (Wildman–Crippen MR) is 28.4 cm³/mol. The second-order valence-electron chi connectivity index (χ2n) is 2.61. The van der Waals surface area contributed by atoms with E-state index in [0.29, 0.717) is 0 Å². The van der Waals surface area contributed by atoms with Crippen LogP contribution in [0.4, 0.5) is 26.3 Å². The molecule has 0 aromatic heterocycles. The highest BCUT2D eigenvalue weighted by molar-refractivity contribution is 4.84. The zero-order valence-corrected chi connectivity index (χ0v) is 6.24. The van der Waals surface area contributed by atoms with Crippen LogP contribution in [0.15, 0.2) is 0 Å². The zero-order chi connectivity index (χ0) is 11.1. The molecule has 0 saturated carbocycles. The molecule has 0 unspecified atom stereocenters. The van der Waals surface area contributed by atoms with Crippen molar-refractivity contribution in [3.8, 4) is 0 Å². The highest BCUT2D eigenvalue weighted by Gasteiger charge is 2.64. The average Bonchev–Trinajstić information content (AvgIpc) is 1.44. The van der Waals surface area contributed by atoms with Gasteiger partial charge < -0.3 is 10.2 Å². The molecule has 2 N–H and O–H groups in total. The van der Waals surface area contributed by atoms with Gasteiger partial charge in [-0.05, 0) is 6.92 Å². The van der Waals surface area contributed by atoms with E-state index >= 15 is 0 Å². The molecule has 0 rings (SSSR count). The lowest BCUT2D eigenvalue weighted by atomic mass is 9.99. The molecule has 0 heterocycles. The third kappa shape index (κ3) is 3.39. The van der Waals surface area contributed by atoms with Crippen LogP contribution in [0.1, 0.15) is 6.92 Å². The minimum atomic E-state index is -5.74. The maximum absolute atomic E-state index is 11.7. The number of hydrogen-bond acceptors (Lipinski definition) is 2. The van der Waals surface area contributed by atoms with Crippen molar-refractivity contribution >= 4 is 0 Å². The summed E-state index contributed by atoms with van der Waals surface area (Å²) in [6, 6.07) is 0. The molecule has 0 aromatic rings. The van der Waals surface area contributed by atoms with E-state index < -0.39 is 24.1 Å². The van der Waals surface area contributed by atoms with Gasteiger partial charge >= 0.3 is 12.4 Å². The topological polar surface area (TPSA) is 40.5 Å². The van der Waals surface area contributed by atoms with Gasteiger partial charge in [0.15, 0.2) is 5.79 Å². The molecule has 0 aliphatic heterocycles.